The fourth-order valence-electron chi connectivity index (χ4n) is 2.78. The summed E-state index contributed by atoms with van der Waals surface area (Å²) in [5.74, 6) is -15.1. The summed E-state index contributed by atoms with van der Waals surface area (Å²) in [6, 6.07) is 8.51. The standard InChI is InChI=1S/C22H14F6N2O4/c1-33-14-8-10(6-7-13(14)30-22(32)29-12-5-3-2-4-11(12)23)9-15(31)34-21-19(27)17(25)16(24)18(26)20(21)28/h2-8H,9H2,1H3,(H2,29,30,32). The third-order valence-electron chi connectivity index (χ3n) is 4.37. The molecule has 0 aliphatic heterocycles. The van der Waals surface area contributed by atoms with E-state index in [1.807, 2.05) is 0 Å². The molecule has 0 radical (unpaired) electrons. The van der Waals surface area contributed by atoms with E-state index in [4.69, 9.17) is 4.74 Å². The number of carbonyl (C=O) groups excluding carboxylic acids is 2. The number of esters is 1. The second-order valence-electron chi connectivity index (χ2n) is 6.64. The van der Waals surface area contributed by atoms with Crippen molar-refractivity contribution in [2.45, 2.75) is 6.42 Å². The molecular weight excluding hydrogens is 470 g/mol. The van der Waals surface area contributed by atoms with Gasteiger partial charge in [0.05, 0.1) is 24.9 Å². The zero-order valence-electron chi connectivity index (χ0n) is 17.1. The lowest BCUT2D eigenvalue weighted by molar-refractivity contribution is -0.134. The van der Waals surface area contributed by atoms with Gasteiger partial charge in [0.15, 0.2) is 0 Å². The van der Waals surface area contributed by atoms with Crippen LogP contribution in [0.1, 0.15) is 5.56 Å². The zero-order valence-corrected chi connectivity index (χ0v) is 17.1. The summed E-state index contributed by atoms with van der Waals surface area (Å²) in [5.41, 5.74) is 0.200. The highest BCUT2D eigenvalue weighted by Gasteiger charge is 2.28. The van der Waals surface area contributed by atoms with Gasteiger partial charge in [0.1, 0.15) is 11.6 Å². The first-order valence-corrected chi connectivity index (χ1v) is 9.34. The van der Waals surface area contributed by atoms with E-state index >= 15 is 0 Å². The van der Waals surface area contributed by atoms with Gasteiger partial charge in [0, 0.05) is 0 Å². The van der Waals surface area contributed by atoms with Crippen molar-refractivity contribution in [1.29, 1.82) is 0 Å². The van der Waals surface area contributed by atoms with E-state index in [1.54, 1.807) is 0 Å². The van der Waals surface area contributed by atoms with Crippen molar-refractivity contribution in [3.63, 3.8) is 0 Å². The van der Waals surface area contributed by atoms with Crippen LogP contribution in [0.4, 0.5) is 42.5 Å². The monoisotopic (exact) mass is 484 g/mol. The number of hydrogen-bond acceptors (Lipinski definition) is 4. The number of urea groups is 1. The summed E-state index contributed by atoms with van der Waals surface area (Å²) in [6.07, 6.45) is -0.641. The van der Waals surface area contributed by atoms with Crippen molar-refractivity contribution in [3.8, 4) is 11.5 Å². The Bertz CT molecular complexity index is 1240. The zero-order chi connectivity index (χ0) is 25.0. The summed E-state index contributed by atoms with van der Waals surface area (Å²) in [5, 5.41) is 4.71. The molecule has 3 rings (SSSR count). The molecule has 0 aromatic heterocycles. The highest BCUT2D eigenvalue weighted by Crippen LogP contribution is 2.30. The molecule has 0 bridgehead atoms. The van der Waals surface area contributed by atoms with Crippen molar-refractivity contribution < 1.29 is 45.4 Å². The van der Waals surface area contributed by atoms with Gasteiger partial charge in [-0.1, -0.05) is 18.2 Å². The third-order valence-corrected chi connectivity index (χ3v) is 4.37. The van der Waals surface area contributed by atoms with Crippen molar-refractivity contribution in [3.05, 3.63) is 82.9 Å². The van der Waals surface area contributed by atoms with E-state index in [0.717, 1.165) is 6.07 Å². The predicted molar refractivity (Wildman–Crippen MR) is 108 cm³/mol. The molecule has 178 valence electrons. The van der Waals surface area contributed by atoms with Gasteiger partial charge < -0.3 is 20.1 Å². The van der Waals surface area contributed by atoms with Crippen LogP contribution < -0.4 is 20.1 Å². The molecule has 0 atom stereocenters. The lowest BCUT2D eigenvalue weighted by atomic mass is 10.1. The quantitative estimate of drug-likeness (QED) is 0.163. The van der Waals surface area contributed by atoms with E-state index in [0.29, 0.717) is 0 Å². The Labute approximate surface area is 188 Å². The molecule has 0 spiro atoms. The average molecular weight is 484 g/mol. The van der Waals surface area contributed by atoms with Crippen LogP contribution in [0.3, 0.4) is 0 Å². The smallest absolute Gasteiger partial charge is 0.323 e. The average Bonchev–Trinajstić information content (AvgIpc) is 2.81. The Morgan fingerprint density at radius 1 is 0.794 bits per heavy atom. The van der Waals surface area contributed by atoms with Crippen molar-refractivity contribution >= 4 is 23.4 Å². The summed E-state index contributed by atoms with van der Waals surface area (Å²) < 4.78 is 90.1. The molecule has 0 saturated heterocycles. The van der Waals surface area contributed by atoms with Crippen molar-refractivity contribution in [2.24, 2.45) is 0 Å². The summed E-state index contributed by atoms with van der Waals surface area (Å²) in [4.78, 5) is 24.2. The number of anilines is 2. The minimum atomic E-state index is -2.39. The maximum absolute atomic E-state index is 13.7. The van der Waals surface area contributed by atoms with Gasteiger partial charge in [0.25, 0.3) is 0 Å². The Morgan fingerprint density at radius 3 is 2.00 bits per heavy atom. The molecule has 12 heteroatoms. The van der Waals surface area contributed by atoms with Crippen LogP contribution in [0.15, 0.2) is 42.5 Å². The van der Waals surface area contributed by atoms with E-state index in [1.165, 1.54) is 43.5 Å². The summed E-state index contributed by atoms with van der Waals surface area (Å²) in [7, 11) is 1.24. The lowest BCUT2D eigenvalue weighted by Gasteiger charge is -2.13. The number of nitrogens with one attached hydrogen (secondary N) is 2. The first-order valence-electron chi connectivity index (χ1n) is 9.34. The van der Waals surface area contributed by atoms with Gasteiger partial charge in [-0.3, -0.25) is 4.79 Å². The van der Waals surface area contributed by atoms with Crippen LogP contribution in [-0.2, 0) is 11.2 Å². The predicted octanol–water partition coefficient (Wildman–Crippen LogP) is 5.32. The van der Waals surface area contributed by atoms with Crippen LogP contribution in [-0.4, -0.2) is 19.1 Å². The van der Waals surface area contributed by atoms with E-state index < -0.39 is 59.1 Å². The molecule has 2 amide bonds. The molecule has 0 aliphatic rings. The van der Waals surface area contributed by atoms with Gasteiger partial charge in [-0.05, 0) is 29.8 Å². The molecule has 0 fully saturated rings. The Hall–Kier alpha value is -4.22. The molecule has 0 aliphatic carbocycles. The minimum Gasteiger partial charge on any atom is -0.495 e. The summed E-state index contributed by atoms with van der Waals surface area (Å²) >= 11 is 0. The lowest BCUT2D eigenvalue weighted by Crippen LogP contribution is -2.20. The first kappa shape index (κ1) is 24.4. The van der Waals surface area contributed by atoms with Crippen molar-refractivity contribution in [1.82, 2.24) is 0 Å². The van der Waals surface area contributed by atoms with Crippen LogP contribution in [0.25, 0.3) is 0 Å². The van der Waals surface area contributed by atoms with Crippen LogP contribution in [0.2, 0.25) is 0 Å². The second-order valence-corrected chi connectivity index (χ2v) is 6.64. The Morgan fingerprint density at radius 2 is 1.38 bits per heavy atom. The molecule has 0 heterocycles. The largest absolute Gasteiger partial charge is 0.495 e. The number of methoxy groups -OCH3 is 1. The molecule has 0 saturated carbocycles. The number of para-hydroxylation sites is 1. The highest BCUT2D eigenvalue weighted by atomic mass is 19.2. The van der Waals surface area contributed by atoms with E-state index in [2.05, 4.69) is 15.4 Å². The van der Waals surface area contributed by atoms with Gasteiger partial charge in [-0.15, -0.1) is 0 Å². The van der Waals surface area contributed by atoms with Crippen LogP contribution in [0, 0.1) is 34.9 Å². The van der Waals surface area contributed by atoms with Gasteiger partial charge in [-0.2, -0.15) is 8.78 Å². The molecule has 2 N–H and O–H groups in total. The molecule has 6 nitrogen and oxygen atoms in total. The maximum Gasteiger partial charge on any atom is 0.323 e. The molecular formula is C22H14F6N2O4. The van der Waals surface area contributed by atoms with E-state index in [-0.39, 0.29) is 22.7 Å². The van der Waals surface area contributed by atoms with Gasteiger partial charge in [0.2, 0.25) is 34.8 Å². The molecule has 0 unspecified atom stereocenters. The Balaban J connectivity index is 1.72. The maximum atomic E-state index is 13.7. The van der Waals surface area contributed by atoms with Crippen LogP contribution >= 0.6 is 0 Å². The summed E-state index contributed by atoms with van der Waals surface area (Å²) in [6.45, 7) is 0. The van der Waals surface area contributed by atoms with E-state index in [9.17, 15) is 35.9 Å². The topological polar surface area (TPSA) is 76.7 Å². The van der Waals surface area contributed by atoms with Gasteiger partial charge >= 0.3 is 12.0 Å². The Kier molecular flexibility index (Phi) is 7.29. The number of carbonyl (C=O) groups is 2. The number of amides is 2. The fourth-order valence-corrected chi connectivity index (χ4v) is 2.78. The molecule has 34 heavy (non-hydrogen) atoms. The van der Waals surface area contributed by atoms with Crippen molar-refractivity contribution in [2.75, 3.05) is 17.7 Å². The SMILES string of the molecule is COc1cc(CC(=O)Oc2c(F)c(F)c(F)c(F)c2F)ccc1NC(=O)Nc1ccccc1F. The number of benzene rings is 3. The number of rotatable bonds is 6. The second kappa shape index (κ2) is 10.1. The molecule has 3 aromatic carbocycles. The normalized spacial score (nSPS) is 10.6. The fraction of sp³-hybridized carbons (Fsp3) is 0.0909. The number of halogens is 6. The first-order chi connectivity index (χ1) is 16.1. The number of ether oxygens (including phenoxy) is 2. The third kappa shape index (κ3) is 5.22. The number of hydrogen-bond donors (Lipinski definition) is 2. The van der Waals surface area contributed by atoms with Crippen LogP contribution in [0.5, 0.6) is 11.5 Å². The minimum absolute atomic E-state index is 0.0465. The molecule has 3 aromatic rings. The van der Waals surface area contributed by atoms with Gasteiger partial charge in [-0.25, -0.2) is 22.4 Å². The highest BCUT2D eigenvalue weighted by molar-refractivity contribution is 6.00.